The zero-order chi connectivity index (χ0) is 11.5. The minimum absolute atomic E-state index is 0.216. The number of carbonyl (C=O) groups excluding carboxylic acids is 2. The first-order valence-corrected chi connectivity index (χ1v) is 4.41. The molecule has 1 aromatic rings. The van der Waals surface area contributed by atoms with Crippen LogP contribution in [0.15, 0.2) is 29.3 Å². The summed E-state index contributed by atoms with van der Waals surface area (Å²) >= 11 is 0. The smallest absolute Gasteiger partial charge is 0.240 e. The van der Waals surface area contributed by atoms with Gasteiger partial charge < -0.3 is 5.11 Å². The van der Waals surface area contributed by atoms with Gasteiger partial charge in [-0.1, -0.05) is 12.1 Å². The van der Waals surface area contributed by atoms with Gasteiger partial charge in [-0.05, 0) is 26.0 Å². The molecule has 0 aliphatic carbocycles. The molecule has 1 rings (SSSR count). The van der Waals surface area contributed by atoms with Gasteiger partial charge in [-0.15, -0.1) is 0 Å². The second-order valence-corrected chi connectivity index (χ2v) is 3.61. The first-order chi connectivity index (χ1) is 6.96. The summed E-state index contributed by atoms with van der Waals surface area (Å²) in [4.78, 5) is 25.3. The maximum atomic E-state index is 11.7. The average molecular weight is 205 g/mol. The van der Waals surface area contributed by atoms with Gasteiger partial charge in [0.2, 0.25) is 6.08 Å². The molecule has 0 aliphatic heterocycles. The average Bonchev–Trinajstić information content (AvgIpc) is 2.17. The summed E-state index contributed by atoms with van der Waals surface area (Å²) < 4.78 is 0. The first-order valence-electron chi connectivity index (χ1n) is 4.41. The lowest BCUT2D eigenvalue weighted by atomic mass is 9.96. The van der Waals surface area contributed by atoms with Crippen LogP contribution in [0.2, 0.25) is 0 Å². The lowest BCUT2D eigenvalue weighted by Crippen LogP contribution is -2.31. The van der Waals surface area contributed by atoms with Crippen LogP contribution in [-0.2, 0) is 4.79 Å². The van der Waals surface area contributed by atoms with Crippen molar-refractivity contribution < 1.29 is 14.7 Å². The van der Waals surface area contributed by atoms with Crippen molar-refractivity contribution in [1.29, 1.82) is 0 Å². The molecule has 4 heteroatoms. The van der Waals surface area contributed by atoms with E-state index < -0.39 is 11.4 Å². The van der Waals surface area contributed by atoms with Crippen molar-refractivity contribution in [1.82, 2.24) is 0 Å². The normalized spacial score (nSPS) is 10.6. The Bertz CT molecular complexity index is 426. The van der Waals surface area contributed by atoms with Gasteiger partial charge in [0.15, 0.2) is 5.78 Å². The molecule has 0 heterocycles. The minimum atomic E-state index is -1.48. The third-order valence-electron chi connectivity index (χ3n) is 1.87. The zero-order valence-electron chi connectivity index (χ0n) is 8.52. The predicted octanol–water partition coefficient (Wildman–Crippen LogP) is 1.61. The number of nitrogens with zero attached hydrogens (tertiary/aromatic N) is 1. The Morgan fingerprint density at radius 2 is 2.00 bits per heavy atom. The van der Waals surface area contributed by atoms with E-state index in [9.17, 15) is 14.7 Å². The number of hydrogen-bond donors (Lipinski definition) is 1. The van der Waals surface area contributed by atoms with Crippen molar-refractivity contribution in [3.63, 3.8) is 0 Å². The summed E-state index contributed by atoms with van der Waals surface area (Å²) in [5.74, 6) is -0.475. The highest BCUT2D eigenvalue weighted by Crippen LogP contribution is 2.22. The molecule has 0 atom stereocenters. The Balaban J connectivity index is 3.25. The fourth-order valence-corrected chi connectivity index (χ4v) is 1.14. The maximum Gasteiger partial charge on any atom is 0.240 e. The van der Waals surface area contributed by atoms with Gasteiger partial charge in [-0.2, -0.15) is 4.99 Å². The molecule has 0 fully saturated rings. The molecular formula is C11H11NO3. The molecule has 4 nitrogen and oxygen atoms in total. The fraction of sp³-hybridized carbons (Fsp3) is 0.273. The number of Topliss-reactive ketones (excluding diaryl/α,β-unsaturated/α-hetero) is 1. The fourth-order valence-electron chi connectivity index (χ4n) is 1.14. The largest absolute Gasteiger partial charge is 0.382 e. The highest BCUT2D eigenvalue weighted by molar-refractivity contribution is 6.05. The molecule has 1 aromatic carbocycles. The van der Waals surface area contributed by atoms with E-state index >= 15 is 0 Å². The van der Waals surface area contributed by atoms with Crippen LogP contribution in [0.5, 0.6) is 0 Å². The van der Waals surface area contributed by atoms with E-state index in [1.165, 1.54) is 32.1 Å². The molecule has 1 N–H and O–H groups in total. The molecule has 0 saturated heterocycles. The van der Waals surface area contributed by atoms with Crippen LogP contribution < -0.4 is 0 Å². The van der Waals surface area contributed by atoms with Gasteiger partial charge in [0.1, 0.15) is 5.60 Å². The summed E-state index contributed by atoms with van der Waals surface area (Å²) in [7, 11) is 0. The van der Waals surface area contributed by atoms with E-state index in [4.69, 9.17) is 0 Å². The van der Waals surface area contributed by atoms with Crippen LogP contribution in [0.25, 0.3) is 0 Å². The molecule has 0 spiro atoms. The predicted molar refractivity (Wildman–Crippen MR) is 54.9 cm³/mol. The number of hydrogen-bond acceptors (Lipinski definition) is 4. The van der Waals surface area contributed by atoms with Gasteiger partial charge >= 0.3 is 0 Å². The molecule has 0 amide bonds. The number of aliphatic hydroxyl groups is 1. The lowest BCUT2D eigenvalue weighted by molar-refractivity contribution is 0.0489. The van der Waals surface area contributed by atoms with Crippen LogP contribution in [0.3, 0.4) is 0 Å². The third kappa shape index (κ3) is 2.59. The van der Waals surface area contributed by atoms with E-state index in [2.05, 4.69) is 4.99 Å². The number of carbonyl (C=O) groups is 1. The topological polar surface area (TPSA) is 66.7 Å². The van der Waals surface area contributed by atoms with Crippen LogP contribution in [0.1, 0.15) is 24.2 Å². The SMILES string of the molecule is CC(C)(O)C(=O)c1ccccc1N=C=O. The van der Waals surface area contributed by atoms with Crippen molar-refractivity contribution in [2.45, 2.75) is 19.4 Å². The molecular weight excluding hydrogens is 194 g/mol. The van der Waals surface area contributed by atoms with E-state index in [0.717, 1.165) is 0 Å². The van der Waals surface area contributed by atoms with E-state index in [1.807, 2.05) is 0 Å². The summed E-state index contributed by atoms with van der Waals surface area (Å²) in [5.41, 5.74) is -1.04. The summed E-state index contributed by atoms with van der Waals surface area (Å²) in [6, 6.07) is 6.32. The van der Waals surface area contributed by atoms with Gasteiger partial charge in [-0.25, -0.2) is 4.79 Å². The number of isocyanates is 1. The minimum Gasteiger partial charge on any atom is -0.382 e. The Kier molecular flexibility index (Phi) is 3.14. The molecule has 0 unspecified atom stereocenters. The summed E-state index contributed by atoms with van der Waals surface area (Å²) in [6.07, 6.45) is 1.37. The van der Waals surface area contributed by atoms with Crippen molar-refractivity contribution in [3.05, 3.63) is 29.8 Å². The number of benzene rings is 1. The molecule has 0 radical (unpaired) electrons. The van der Waals surface area contributed by atoms with Crippen molar-refractivity contribution in [3.8, 4) is 0 Å². The number of rotatable bonds is 3. The molecule has 78 valence electrons. The third-order valence-corrected chi connectivity index (χ3v) is 1.87. The van der Waals surface area contributed by atoms with Crippen molar-refractivity contribution >= 4 is 17.6 Å². The highest BCUT2D eigenvalue weighted by atomic mass is 16.3. The van der Waals surface area contributed by atoms with Crippen molar-refractivity contribution in [2.75, 3.05) is 0 Å². The first kappa shape index (κ1) is 11.3. The molecule has 0 bridgehead atoms. The van der Waals surface area contributed by atoms with E-state index in [0.29, 0.717) is 0 Å². The molecule has 0 aromatic heterocycles. The molecule has 0 saturated carbocycles. The van der Waals surface area contributed by atoms with Crippen LogP contribution in [0, 0.1) is 0 Å². The Hall–Kier alpha value is -1.77. The van der Waals surface area contributed by atoms with Crippen molar-refractivity contribution in [2.24, 2.45) is 4.99 Å². The van der Waals surface area contributed by atoms with Crippen LogP contribution in [-0.4, -0.2) is 22.6 Å². The highest BCUT2D eigenvalue weighted by Gasteiger charge is 2.26. The molecule has 15 heavy (non-hydrogen) atoms. The quantitative estimate of drug-likeness (QED) is 0.463. The summed E-state index contributed by atoms with van der Waals surface area (Å²) in [6.45, 7) is 2.77. The van der Waals surface area contributed by atoms with Gasteiger partial charge in [0.05, 0.1) is 5.69 Å². The molecule has 0 aliphatic rings. The standard InChI is InChI=1S/C11H11NO3/c1-11(2,15)10(14)8-5-3-4-6-9(8)12-7-13/h3-6,15H,1-2H3. The van der Waals surface area contributed by atoms with Crippen LogP contribution in [0.4, 0.5) is 5.69 Å². The van der Waals surface area contributed by atoms with E-state index in [1.54, 1.807) is 12.1 Å². The monoisotopic (exact) mass is 205 g/mol. The van der Waals surface area contributed by atoms with Crippen LogP contribution >= 0.6 is 0 Å². The zero-order valence-corrected chi connectivity index (χ0v) is 8.52. The second kappa shape index (κ2) is 4.17. The second-order valence-electron chi connectivity index (χ2n) is 3.61. The maximum absolute atomic E-state index is 11.7. The Labute approximate surface area is 87.3 Å². The van der Waals surface area contributed by atoms with Gasteiger partial charge in [0, 0.05) is 5.56 Å². The summed E-state index contributed by atoms with van der Waals surface area (Å²) in [5, 5.41) is 9.54. The van der Waals surface area contributed by atoms with E-state index in [-0.39, 0.29) is 11.3 Å². The number of aliphatic imine (C=N–C) groups is 1. The lowest BCUT2D eigenvalue weighted by Gasteiger charge is -2.16. The Morgan fingerprint density at radius 3 is 2.53 bits per heavy atom. The Morgan fingerprint density at radius 1 is 1.40 bits per heavy atom. The number of ketones is 1. The van der Waals surface area contributed by atoms with Gasteiger partial charge in [0.25, 0.3) is 0 Å². The number of para-hydroxylation sites is 1. The van der Waals surface area contributed by atoms with Gasteiger partial charge in [-0.3, -0.25) is 4.79 Å².